The van der Waals surface area contributed by atoms with Crippen LogP contribution in [0.15, 0.2) is 42.6 Å². The number of pyridine rings is 1. The fourth-order valence-electron chi connectivity index (χ4n) is 4.20. The third-order valence-corrected chi connectivity index (χ3v) is 5.91. The van der Waals surface area contributed by atoms with Gasteiger partial charge in [0, 0.05) is 23.3 Å². The molecule has 3 heterocycles. The summed E-state index contributed by atoms with van der Waals surface area (Å²) in [5, 5.41) is 7.39. The molecule has 1 fully saturated rings. The SMILES string of the molecule is COc1ncccc1NCC#Cc1cc2c(NC3CCN(C)CC3)cccc2n1CC(F)(F)F. The highest BCUT2D eigenvalue weighted by molar-refractivity contribution is 5.94. The molecule has 34 heavy (non-hydrogen) atoms. The number of likely N-dealkylation sites (tertiary alicyclic amines) is 1. The van der Waals surface area contributed by atoms with Crippen LogP contribution in [0.4, 0.5) is 24.5 Å². The number of benzene rings is 1. The molecule has 0 aliphatic carbocycles. The molecule has 3 aromatic rings. The Morgan fingerprint density at radius 3 is 2.65 bits per heavy atom. The van der Waals surface area contributed by atoms with Gasteiger partial charge in [-0.25, -0.2) is 4.98 Å². The van der Waals surface area contributed by atoms with E-state index in [2.05, 4.69) is 39.4 Å². The minimum Gasteiger partial charge on any atom is -0.480 e. The molecule has 0 saturated carbocycles. The summed E-state index contributed by atoms with van der Waals surface area (Å²) in [7, 11) is 3.62. The maximum Gasteiger partial charge on any atom is 0.406 e. The van der Waals surface area contributed by atoms with Gasteiger partial charge in [-0.3, -0.25) is 0 Å². The number of fused-ring (bicyclic) bond motifs is 1. The van der Waals surface area contributed by atoms with Crippen LogP contribution < -0.4 is 15.4 Å². The number of halogens is 3. The number of methoxy groups -OCH3 is 1. The van der Waals surface area contributed by atoms with Gasteiger partial charge >= 0.3 is 6.18 Å². The number of aromatic nitrogens is 2. The average molecular weight is 472 g/mol. The van der Waals surface area contributed by atoms with E-state index in [1.165, 1.54) is 11.7 Å². The molecule has 0 radical (unpaired) electrons. The molecule has 2 aromatic heterocycles. The number of anilines is 2. The van der Waals surface area contributed by atoms with Crippen molar-refractivity contribution in [3.05, 3.63) is 48.3 Å². The van der Waals surface area contributed by atoms with Crippen molar-refractivity contribution in [3.63, 3.8) is 0 Å². The number of hydrogen-bond acceptors (Lipinski definition) is 5. The summed E-state index contributed by atoms with van der Waals surface area (Å²) >= 11 is 0. The van der Waals surface area contributed by atoms with Crippen molar-refractivity contribution in [2.45, 2.75) is 31.6 Å². The Labute approximate surface area is 197 Å². The largest absolute Gasteiger partial charge is 0.480 e. The molecule has 2 N–H and O–H groups in total. The fraction of sp³-hybridized carbons (Fsp3) is 0.400. The topological polar surface area (TPSA) is 54.4 Å². The third-order valence-electron chi connectivity index (χ3n) is 5.91. The molecule has 4 rings (SSSR count). The molecule has 0 bridgehead atoms. The Kier molecular flexibility index (Phi) is 7.17. The second kappa shape index (κ2) is 10.3. The van der Waals surface area contributed by atoms with E-state index in [0.717, 1.165) is 37.0 Å². The van der Waals surface area contributed by atoms with Gasteiger partial charge in [-0.2, -0.15) is 13.2 Å². The average Bonchev–Trinajstić information content (AvgIpc) is 3.15. The lowest BCUT2D eigenvalue weighted by atomic mass is 10.0. The third kappa shape index (κ3) is 5.75. The second-order valence-electron chi connectivity index (χ2n) is 8.41. The first-order valence-electron chi connectivity index (χ1n) is 11.2. The monoisotopic (exact) mass is 471 g/mol. The van der Waals surface area contributed by atoms with Gasteiger partial charge in [0.15, 0.2) is 0 Å². The molecule has 9 heteroatoms. The predicted octanol–water partition coefficient (Wildman–Crippen LogP) is 4.58. The van der Waals surface area contributed by atoms with E-state index in [1.54, 1.807) is 36.5 Å². The van der Waals surface area contributed by atoms with Crippen LogP contribution in [0.3, 0.4) is 0 Å². The zero-order valence-electron chi connectivity index (χ0n) is 19.2. The minimum atomic E-state index is -4.36. The minimum absolute atomic E-state index is 0.232. The molecule has 6 nitrogen and oxygen atoms in total. The molecule has 180 valence electrons. The molecular weight excluding hydrogens is 443 g/mol. The summed E-state index contributed by atoms with van der Waals surface area (Å²) < 4.78 is 46.7. The highest BCUT2D eigenvalue weighted by Gasteiger charge is 2.30. The molecule has 0 amide bonds. The van der Waals surface area contributed by atoms with Crippen molar-refractivity contribution in [1.29, 1.82) is 0 Å². The lowest BCUT2D eigenvalue weighted by molar-refractivity contribution is -0.140. The van der Waals surface area contributed by atoms with Crippen LogP contribution in [0.25, 0.3) is 10.9 Å². The van der Waals surface area contributed by atoms with Crippen molar-refractivity contribution in [2.75, 3.05) is 44.4 Å². The van der Waals surface area contributed by atoms with Gasteiger partial charge in [-0.15, -0.1) is 0 Å². The van der Waals surface area contributed by atoms with Crippen LogP contribution in [0.2, 0.25) is 0 Å². The lowest BCUT2D eigenvalue weighted by Crippen LogP contribution is -2.36. The van der Waals surface area contributed by atoms with Crippen LogP contribution in [-0.2, 0) is 6.54 Å². The number of piperidine rings is 1. The summed E-state index contributed by atoms with van der Waals surface area (Å²) in [5.74, 6) is 6.29. The van der Waals surface area contributed by atoms with Crippen LogP contribution in [-0.4, -0.2) is 60.5 Å². The molecule has 0 spiro atoms. The summed E-state index contributed by atoms with van der Waals surface area (Å²) in [6.45, 7) is 1.13. The number of alkyl halides is 3. The smallest absolute Gasteiger partial charge is 0.406 e. The summed E-state index contributed by atoms with van der Waals surface area (Å²) in [6.07, 6.45) is -0.762. The van der Waals surface area contributed by atoms with Crippen molar-refractivity contribution in [2.24, 2.45) is 0 Å². The Morgan fingerprint density at radius 2 is 1.91 bits per heavy atom. The highest BCUT2D eigenvalue weighted by atomic mass is 19.4. The first-order chi connectivity index (χ1) is 16.3. The number of rotatable bonds is 6. The number of nitrogens with one attached hydrogen (secondary N) is 2. The van der Waals surface area contributed by atoms with Gasteiger partial charge in [-0.05, 0) is 69.2 Å². The standard InChI is InChI=1S/C25H28F3N5O/c1-32-14-10-18(11-15-32)31-21-7-3-9-23-20(21)16-19(33(23)17-25(26,27)28)6-4-12-29-22-8-5-13-30-24(22)34-2/h3,5,7-9,13,16,18,29,31H,10-12,14-15,17H2,1-2H3. The molecule has 1 aliphatic rings. The Hall–Kier alpha value is -3.38. The number of nitrogens with zero attached hydrogens (tertiary/aromatic N) is 3. The van der Waals surface area contributed by atoms with Crippen molar-refractivity contribution >= 4 is 22.3 Å². The zero-order valence-corrected chi connectivity index (χ0v) is 19.2. The number of hydrogen-bond donors (Lipinski definition) is 2. The molecule has 1 aliphatic heterocycles. The summed E-state index contributed by atoms with van der Waals surface area (Å²) in [5.41, 5.74) is 2.35. The molecule has 0 unspecified atom stereocenters. The summed E-state index contributed by atoms with van der Waals surface area (Å²) in [4.78, 5) is 6.39. The van der Waals surface area contributed by atoms with Gasteiger partial charge in [0.05, 0.1) is 30.6 Å². The molecule has 0 atom stereocenters. The van der Waals surface area contributed by atoms with E-state index in [0.29, 0.717) is 28.8 Å². The zero-order chi connectivity index (χ0) is 24.1. The van der Waals surface area contributed by atoms with E-state index in [9.17, 15) is 13.2 Å². The maximum absolute atomic E-state index is 13.4. The van der Waals surface area contributed by atoms with E-state index < -0.39 is 12.7 Å². The Balaban J connectivity index is 1.60. The lowest BCUT2D eigenvalue weighted by Gasteiger charge is -2.30. The van der Waals surface area contributed by atoms with Gasteiger partial charge in [0.1, 0.15) is 6.54 Å². The van der Waals surface area contributed by atoms with Crippen LogP contribution in [0.5, 0.6) is 5.88 Å². The van der Waals surface area contributed by atoms with Crippen LogP contribution >= 0.6 is 0 Å². The van der Waals surface area contributed by atoms with E-state index in [4.69, 9.17) is 4.74 Å². The first kappa shape index (κ1) is 23.8. The Morgan fingerprint density at radius 1 is 1.15 bits per heavy atom. The molecular formula is C25H28F3N5O. The van der Waals surface area contributed by atoms with E-state index in [1.807, 2.05) is 6.07 Å². The van der Waals surface area contributed by atoms with Crippen molar-refractivity contribution in [1.82, 2.24) is 14.5 Å². The van der Waals surface area contributed by atoms with Crippen molar-refractivity contribution < 1.29 is 17.9 Å². The molecule has 1 aromatic carbocycles. The van der Waals surface area contributed by atoms with E-state index >= 15 is 0 Å². The second-order valence-corrected chi connectivity index (χ2v) is 8.41. The van der Waals surface area contributed by atoms with Gasteiger partial charge < -0.3 is 24.8 Å². The van der Waals surface area contributed by atoms with E-state index in [-0.39, 0.29) is 6.54 Å². The normalized spacial score (nSPS) is 15.1. The van der Waals surface area contributed by atoms with Gasteiger partial charge in [-0.1, -0.05) is 12.0 Å². The van der Waals surface area contributed by atoms with Crippen LogP contribution in [0, 0.1) is 11.8 Å². The molecule has 1 saturated heterocycles. The van der Waals surface area contributed by atoms with Gasteiger partial charge in [0.2, 0.25) is 5.88 Å². The predicted molar refractivity (Wildman–Crippen MR) is 128 cm³/mol. The van der Waals surface area contributed by atoms with Crippen LogP contribution in [0.1, 0.15) is 18.5 Å². The summed E-state index contributed by atoms with van der Waals surface area (Å²) in [6, 6.07) is 11.0. The first-order valence-corrected chi connectivity index (χ1v) is 11.2. The van der Waals surface area contributed by atoms with Gasteiger partial charge in [0.25, 0.3) is 0 Å². The van der Waals surface area contributed by atoms with Crippen molar-refractivity contribution in [3.8, 4) is 17.7 Å². The Bertz CT molecular complexity index is 1190. The highest BCUT2D eigenvalue weighted by Crippen LogP contribution is 2.31. The fourth-order valence-corrected chi connectivity index (χ4v) is 4.20. The number of ether oxygens (including phenoxy) is 1. The quantitative estimate of drug-likeness (QED) is 0.516. The maximum atomic E-state index is 13.4.